The molecule has 1 aliphatic rings. The van der Waals surface area contributed by atoms with E-state index in [2.05, 4.69) is 26.6 Å². The minimum atomic E-state index is -4.12. The number of benzene rings is 1. The molecule has 1 aromatic rings. The highest BCUT2D eigenvalue weighted by atomic mass is 32.2. The molecule has 0 bridgehead atoms. The van der Waals surface area contributed by atoms with E-state index in [0.717, 1.165) is 9.87 Å². The summed E-state index contributed by atoms with van der Waals surface area (Å²) in [5.41, 5.74) is 7.52. The Bertz CT molecular complexity index is 1080. The lowest BCUT2D eigenvalue weighted by Gasteiger charge is -2.27. The predicted octanol–water partition coefficient (Wildman–Crippen LogP) is 3.03. The van der Waals surface area contributed by atoms with Gasteiger partial charge in [0.1, 0.15) is 12.2 Å². The van der Waals surface area contributed by atoms with Gasteiger partial charge in [-0.05, 0) is 51.1 Å². The van der Waals surface area contributed by atoms with Gasteiger partial charge in [-0.3, -0.25) is 4.79 Å². The summed E-state index contributed by atoms with van der Waals surface area (Å²) in [5, 5.41) is 6.26. The number of nitrogens with one attached hydrogen (secondary N) is 2. The number of esters is 1. The van der Waals surface area contributed by atoms with Crippen LogP contribution < -0.4 is 10.0 Å². The van der Waals surface area contributed by atoms with E-state index in [-0.39, 0.29) is 26.1 Å². The van der Waals surface area contributed by atoms with Gasteiger partial charge < -0.3 is 14.8 Å². The molecule has 0 radical (unpaired) electrons. The lowest BCUT2D eigenvalue weighted by molar-refractivity contribution is -0.152. The first kappa shape index (κ1) is 29.1. The molecule has 2 N–H and O–H groups in total. The fourth-order valence-corrected chi connectivity index (χ4v) is 5.23. The number of hydrogen-bond donors (Lipinski definition) is 2. The Morgan fingerprint density at radius 3 is 2.61 bits per heavy atom. The maximum Gasteiger partial charge on any atom is 0.407 e. The first-order chi connectivity index (χ1) is 16.8. The van der Waals surface area contributed by atoms with Gasteiger partial charge in [0.25, 0.3) is 10.2 Å². The molecule has 198 valence electrons. The summed E-state index contributed by atoms with van der Waals surface area (Å²) in [5.74, 6) is -1.49. The number of alkyl carbamates (subject to hydrolysis) is 1. The van der Waals surface area contributed by atoms with E-state index < -0.39 is 51.9 Å². The van der Waals surface area contributed by atoms with Crippen molar-refractivity contribution in [2.24, 2.45) is 11.0 Å². The van der Waals surface area contributed by atoms with Crippen molar-refractivity contribution in [1.29, 1.82) is 0 Å². The van der Waals surface area contributed by atoms with Gasteiger partial charge in [0.15, 0.2) is 5.54 Å². The van der Waals surface area contributed by atoms with Gasteiger partial charge in [0, 0.05) is 30.6 Å². The van der Waals surface area contributed by atoms with Crippen LogP contribution in [0.3, 0.4) is 0 Å². The van der Waals surface area contributed by atoms with E-state index in [1.807, 2.05) is 6.07 Å². The Labute approximate surface area is 211 Å². The smallest absolute Gasteiger partial charge is 0.407 e. The summed E-state index contributed by atoms with van der Waals surface area (Å²) in [7, 11) is -4.12. The van der Waals surface area contributed by atoms with Gasteiger partial charge in [-0.25, -0.2) is 4.79 Å². The summed E-state index contributed by atoms with van der Waals surface area (Å²) in [6.07, 6.45) is 1.08. The van der Waals surface area contributed by atoms with Crippen LogP contribution in [-0.4, -0.2) is 61.6 Å². The Kier molecular flexibility index (Phi) is 9.88. The second-order valence-electron chi connectivity index (χ2n) is 9.60. The average Bonchev–Trinajstić information content (AvgIpc) is 3.16. The molecule has 1 amide bonds. The molecule has 1 saturated heterocycles. The zero-order valence-corrected chi connectivity index (χ0v) is 21.8. The quantitative estimate of drug-likeness (QED) is 0.149. The van der Waals surface area contributed by atoms with Crippen LogP contribution in [0, 0.1) is 5.92 Å². The number of nitrogens with zero attached hydrogens (tertiary/aromatic N) is 4. The van der Waals surface area contributed by atoms with Gasteiger partial charge in [0.05, 0.1) is 0 Å². The lowest BCUT2D eigenvalue weighted by atomic mass is 9.85. The number of amides is 1. The molecule has 0 spiro atoms. The van der Waals surface area contributed by atoms with Crippen LogP contribution in [0.25, 0.3) is 10.4 Å². The summed E-state index contributed by atoms with van der Waals surface area (Å²) in [6, 6.07) is 8.26. The van der Waals surface area contributed by atoms with Crippen LogP contribution >= 0.6 is 0 Å². The largest absolute Gasteiger partial charge is 0.460 e. The van der Waals surface area contributed by atoms with Gasteiger partial charge in [-0.1, -0.05) is 41.5 Å². The SMILES string of the molecule is C=CCC1CN(S(=O)(=O)NC(C)CNC(=O)OC(C)(C)C)CC1(N=[N+]=[N-])C(=O)OCc1ccccc1. The molecular weight excluding hydrogens is 488 g/mol. The third kappa shape index (κ3) is 7.95. The molecule has 1 heterocycles. The second-order valence-corrected chi connectivity index (χ2v) is 11.3. The van der Waals surface area contributed by atoms with E-state index in [1.54, 1.807) is 52.0 Å². The fourth-order valence-electron chi connectivity index (χ4n) is 3.75. The van der Waals surface area contributed by atoms with E-state index in [1.165, 1.54) is 6.08 Å². The van der Waals surface area contributed by atoms with E-state index in [9.17, 15) is 23.5 Å². The number of rotatable bonds is 11. The highest BCUT2D eigenvalue weighted by molar-refractivity contribution is 7.87. The predicted molar refractivity (Wildman–Crippen MR) is 134 cm³/mol. The number of carbonyl (C=O) groups is 2. The molecule has 2 rings (SSSR count). The Morgan fingerprint density at radius 2 is 2.03 bits per heavy atom. The Hall–Kier alpha value is -3.12. The number of hydrogen-bond acceptors (Lipinski definition) is 7. The van der Waals surface area contributed by atoms with Gasteiger partial charge in [0.2, 0.25) is 0 Å². The standard InChI is InChI=1S/C23H34N6O6S/c1-6-10-19-14-29(36(32,33)26-17(2)13-25-21(31)35-22(3,4)5)16-23(19,27-28-24)20(30)34-15-18-11-8-7-9-12-18/h6-9,11-12,17,19,26H,1,10,13-16H2,2-5H3,(H,25,31). The normalized spacial score (nSPS) is 21.2. The van der Waals surface area contributed by atoms with Crippen molar-refractivity contribution >= 4 is 22.3 Å². The molecule has 0 aliphatic carbocycles. The van der Waals surface area contributed by atoms with Gasteiger partial charge >= 0.3 is 12.1 Å². The highest BCUT2D eigenvalue weighted by Gasteiger charge is 2.55. The highest BCUT2D eigenvalue weighted by Crippen LogP contribution is 2.37. The van der Waals surface area contributed by atoms with Crippen LogP contribution in [0.2, 0.25) is 0 Å². The number of carbonyl (C=O) groups excluding carboxylic acids is 2. The Morgan fingerprint density at radius 1 is 1.36 bits per heavy atom. The van der Waals surface area contributed by atoms with E-state index >= 15 is 0 Å². The summed E-state index contributed by atoms with van der Waals surface area (Å²) >= 11 is 0. The summed E-state index contributed by atoms with van der Waals surface area (Å²) < 4.78 is 40.4. The number of ether oxygens (including phenoxy) is 2. The molecule has 0 saturated carbocycles. The third-order valence-electron chi connectivity index (χ3n) is 5.40. The summed E-state index contributed by atoms with van der Waals surface area (Å²) in [4.78, 5) is 27.9. The maximum absolute atomic E-state index is 13.2. The van der Waals surface area contributed by atoms with Crippen LogP contribution in [0.4, 0.5) is 4.79 Å². The van der Waals surface area contributed by atoms with Crippen molar-refractivity contribution in [3.63, 3.8) is 0 Å². The zero-order valence-electron chi connectivity index (χ0n) is 21.0. The van der Waals surface area contributed by atoms with Crippen LogP contribution in [0.5, 0.6) is 0 Å². The molecule has 12 nitrogen and oxygen atoms in total. The molecular formula is C23H34N6O6S. The topological polar surface area (TPSA) is 163 Å². The molecule has 1 aromatic carbocycles. The number of azide groups is 1. The Balaban J connectivity index is 2.14. The zero-order chi connectivity index (χ0) is 27.0. The first-order valence-corrected chi connectivity index (χ1v) is 12.9. The molecule has 36 heavy (non-hydrogen) atoms. The molecule has 3 unspecified atom stereocenters. The minimum absolute atomic E-state index is 0.0291. The van der Waals surface area contributed by atoms with Crippen molar-refractivity contribution in [3.05, 3.63) is 59.0 Å². The van der Waals surface area contributed by atoms with Crippen molar-refractivity contribution in [1.82, 2.24) is 14.3 Å². The molecule has 13 heteroatoms. The number of allylic oxidation sites excluding steroid dienone is 1. The summed E-state index contributed by atoms with van der Waals surface area (Å²) in [6.45, 7) is 9.83. The second kappa shape index (κ2) is 12.2. The van der Waals surface area contributed by atoms with Crippen molar-refractivity contribution in [2.75, 3.05) is 19.6 Å². The van der Waals surface area contributed by atoms with Crippen molar-refractivity contribution in [3.8, 4) is 0 Å². The fraction of sp³-hybridized carbons (Fsp3) is 0.565. The average molecular weight is 523 g/mol. The first-order valence-electron chi connectivity index (χ1n) is 11.5. The minimum Gasteiger partial charge on any atom is -0.460 e. The van der Waals surface area contributed by atoms with Gasteiger partial charge in [-0.15, -0.1) is 6.58 Å². The van der Waals surface area contributed by atoms with Crippen LogP contribution in [0.1, 0.15) is 39.7 Å². The van der Waals surface area contributed by atoms with Crippen LogP contribution in [0.15, 0.2) is 48.1 Å². The molecule has 0 aromatic heterocycles. The van der Waals surface area contributed by atoms with Crippen molar-refractivity contribution in [2.45, 2.75) is 57.9 Å². The molecule has 3 atom stereocenters. The maximum atomic E-state index is 13.2. The van der Waals surface area contributed by atoms with E-state index in [4.69, 9.17) is 9.47 Å². The van der Waals surface area contributed by atoms with Gasteiger partial charge in [-0.2, -0.15) is 17.4 Å². The molecule has 1 fully saturated rings. The lowest BCUT2D eigenvalue weighted by Crippen LogP contribution is -2.50. The molecule has 1 aliphatic heterocycles. The van der Waals surface area contributed by atoms with Crippen molar-refractivity contribution < 1.29 is 27.5 Å². The van der Waals surface area contributed by atoms with Crippen LogP contribution in [-0.2, 0) is 31.1 Å². The van der Waals surface area contributed by atoms with E-state index in [0.29, 0.717) is 0 Å². The monoisotopic (exact) mass is 522 g/mol. The third-order valence-corrected chi connectivity index (χ3v) is 7.06.